The SMILES string of the molecule is CC(=O)SCCCOC(=O)C1=C(C)N=C(C)C(C(=O)OCCCSC(C)=O)C1c1cccc([N+](=O)[O-])c1. The zero-order chi connectivity index (χ0) is 27.5. The summed E-state index contributed by atoms with van der Waals surface area (Å²) in [5, 5.41) is 11.4. The number of thioether (sulfide) groups is 2. The maximum atomic E-state index is 13.2. The van der Waals surface area contributed by atoms with Gasteiger partial charge >= 0.3 is 11.9 Å². The van der Waals surface area contributed by atoms with Crippen LogP contribution >= 0.6 is 23.5 Å². The number of nitrogens with zero attached hydrogens (tertiary/aromatic N) is 2. The summed E-state index contributed by atoms with van der Waals surface area (Å²) in [5.74, 6) is -2.23. The first-order chi connectivity index (χ1) is 17.5. The number of hydrogen-bond acceptors (Lipinski definition) is 11. The highest BCUT2D eigenvalue weighted by Crippen LogP contribution is 2.41. The number of esters is 2. The topological polar surface area (TPSA) is 142 Å². The van der Waals surface area contributed by atoms with Crippen molar-refractivity contribution in [1.82, 2.24) is 0 Å². The minimum Gasteiger partial charge on any atom is -0.465 e. The van der Waals surface area contributed by atoms with Crippen molar-refractivity contribution in [2.75, 3.05) is 24.7 Å². The van der Waals surface area contributed by atoms with Gasteiger partial charge in [-0.15, -0.1) is 0 Å². The molecule has 0 radical (unpaired) electrons. The Morgan fingerprint density at radius 2 is 1.59 bits per heavy atom. The molecule has 0 fully saturated rings. The first-order valence-corrected chi connectivity index (χ1v) is 13.6. The number of ether oxygens (including phenoxy) is 2. The van der Waals surface area contributed by atoms with Crippen LogP contribution in [0, 0.1) is 16.0 Å². The van der Waals surface area contributed by atoms with Crippen LogP contribution in [0.4, 0.5) is 5.69 Å². The molecular formula is C25H30N2O8S2. The Labute approximate surface area is 223 Å². The van der Waals surface area contributed by atoms with Gasteiger partial charge in [-0.2, -0.15) is 0 Å². The molecule has 10 nitrogen and oxygen atoms in total. The Balaban J connectivity index is 2.34. The smallest absolute Gasteiger partial charge is 0.336 e. The number of aliphatic imine (C=N–C) groups is 1. The average Bonchev–Trinajstić information content (AvgIpc) is 2.82. The minimum absolute atomic E-state index is 0.0315. The van der Waals surface area contributed by atoms with Gasteiger partial charge in [-0.25, -0.2) is 4.79 Å². The zero-order valence-corrected chi connectivity index (χ0v) is 22.8. The summed E-state index contributed by atoms with van der Waals surface area (Å²) in [5.41, 5.74) is 1.08. The molecule has 0 aliphatic carbocycles. The Bertz CT molecular complexity index is 1120. The van der Waals surface area contributed by atoms with E-state index in [9.17, 15) is 29.3 Å². The Hall–Kier alpha value is -2.99. The average molecular weight is 551 g/mol. The number of nitro groups is 1. The molecule has 37 heavy (non-hydrogen) atoms. The zero-order valence-electron chi connectivity index (χ0n) is 21.2. The molecule has 1 heterocycles. The molecule has 0 amide bonds. The summed E-state index contributed by atoms with van der Waals surface area (Å²) in [4.78, 5) is 63.9. The van der Waals surface area contributed by atoms with Crippen molar-refractivity contribution in [3.05, 3.63) is 51.2 Å². The van der Waals surface area contributed by atoms with Crippen molar-refractivity contribution in [2.24, 2.45) is 10.9 Å². The van der Waals surface area contributed by atoms with E-state index in [1.54, 1.807) is 19.9 Å². The van der Waals surface area contributed by atoms with Crippen molar-refractivity contribution < 1.29 is 33.6 Å². The van der Waals surface area contributed by atoms with Crippen LogP contribution in [0.15, 0.2) is 40.5 Å². The number of nitro benzene ring substituents is 1. The highest BCUT2D eigenvalue weighted by molar-refractivity contribution is 8.13. The molecule has 0 aromatic heterocycles. The molecule has 2 rings (SSSR count). The van der Waals surface area contributed by atoms with E-state index in [0.717, 1.165) is 23.5 Å². The van der Waals surface area contributed by atoms with Crippen LogP contribution < -0.4 is 0 Å². The lowest BCUT2D eigenvalue weighted by Crippen LogP contribution is -2.36. The molecule has 200 valence electrons. The molecule has 1 aromatic carbocycles. The molecule has 1 aliphatic rings. The highest BCUT2D eigenvalue weighted by atomic mass is 32.2. The second-order valence-electron chi connectivity index (χ2n) is 8.25. The quantitative estimate of drug-likeness (QED) is 0.158. The summed E-state index contributed by atoms with van der Waals surface area (Å²) < 4.78 is 10.9. The van der Waals surface area contributed by atoms with Gasteiger partial charge in [0.1, 0.15) is 5.92 Å². The first-order valence-electron chi connectivity index (χ1n) is 11.6. The Morgan fingerprint density at radius 1 is 1.00 bits per heavy atom. The normalized spacial score (nSPS) is 17.1. The first kappa shape index (κ1) is 30.2. The lowest BCUT2D eigenvalue weighted by Gasteiger charge is -2.31. The second kappa shape index (κ2) is 14.7. The van der Waals surface area contributed by atoms with Gasteiger partial charge < -0.3 is 9.47 Å². The number of carbonyl (C=O) groups excluding carboxylic acids is 4. The number of rotatable bonds is 12. The van der Waals surface area contributed by atoms with Gasteiger partial charge in [-0.3, -0.25) is 29.5 Å². The van der Waals surface area contributed by atoms with E-state index in [1.165, 1.54) is 32.0 Å². The fourth-order valence-electron chi connectivity index (χ4n) is 3.85. The fourth-order valence-corrected chi connectivity index (χ4v) is 4.95. The highest BCUT2D eigenvalue weighted by Gasteiger charge is 2.42. The van der Waals surface area contributed by atoms with Crippen molar-refractivity contribution in [1.29, 1.82) is 0 Å². The van der Waals surface area contributed by atoms with E-state index in [-0.39, 0.29) is 34.7 Å². The molecule has 1 aliphatic heterocycles. The van der Waals surface area contributed by atoms with E-state index >= 15 is 0 Å². The predicted octanol–water partition coefficient (Wildman–Crippen LogP) is 4.47. The van der Waals surface area contributed by atoms with Crippen LogP contribution in [0.25, 0.3) is 0 Å². The molecule has 2 atom stereocenters. The summed E-state index contributed by atoms with van der Waals surface area (Å²) in [7, 11) is 0. The lowest BCUT2D eigenvalue weighted by atomic mass is 9.75. The molecule has 0 N–H and O–H groups in total. The van der Waals surface area contributed by atoms with Crippen molar-refractivity contribution >= 4 is 57.1 Å². The summed E-state index contributed by atoms with van der Waals surface area (Å²) in [6.45, 7) is 6.31. The molecule has 0 saturated carbocycles. The van der Waals surface area contributed by atoms with E-state index in [1.807, 2.05) is 0 Å². The molecule has 0 saturated heterocycles. The van der Waals surface area contributed by atoms with E-state index in [0.29, 0.717) is 41.3 Å². The Kier molecular flexibility index (Phi) is 12.0. The van der Waals surface area contributed by atoms with Crippen LogP contribution in [0.1, 0.15) is 52.0 Å². The number of benzene rings is 1. The number of allylic oxidation sites excluding steroid dienone is 1. The summed E-state index contributed by atoms with van der Waals surface area (Å²) >= 11 is 2.26. The monoisotopic (exact) mass is 550 g/mol. The molecule has 0 spiro atoms. The molecule has 1 aromatic rings. The Morgan fingerprint density at radius 3 is 2.16 bits per heavy atom. The van der Waals surface area contributed by atoms with E-state index < -0.39 is 28.7 Å². The summed E-state index contributed by atoms with van der Waals surface area (Å²) in [6, 6.07) is 5.77. The number of carbonyl (C=O) groups is 4. The van der Waals surface area contributed by atoms with Crippen LogP contribution in [-0.2, 0) is 28.7 Å². The van der Waals surface area contributed by atoms with Crippen molar-refractivity contribution in [3.8, 4) is 0 Å². The fraction of sp³-hybridized carbons (Fsp3) is 0.480. The van der Waals surface area contributed by atoms with Crippen molar-refractivity contribution in [3.63, 3.8) is 0 Å². The maximum Gasteiger partial charge on any atom is 0.336 e. The number of non-ortho nitro benzene ring substituents is 1. The van der Waals surface area contributed by atoms with Gasteiger partial charge in [0, 0.05) is 54.8 Å². The second-order valence-corrected chi connectivity index (χ2v) is 10.8. The predicted molar refractivity (Wildman–Crippen MR) is 143 cm³/mol. The third kappa shape index (κ3) is 9.12. The number of hydrogen-bond donors (Lipinski definition) is 0. The minimum atomic E-state index is -0.998. The van der Waals surface area contributed by atoms with Gasteiger partial charge in [-0.05, 0) is 32.3 Å². The lowest BCUT2D eigenvalue weighted by molar-refractivity contribution is -0.384. The maximum absolute atomic E-state index is 13.2. The largest absolute Gasteiger partial charge is 0.465 e. The van der Waals surface area contributed by atoms with Crippen LogP contribution in [0.3, 0.4) is 0 Å². The van der Waals surface area contributed by atoms with Crippen molar-refractivity contribution in [2.45, 2.75) is 46.5 Å². The van der Waals surface area contributed by atoms with Gasteiger partial charge in [0.05, 0.1) is 23.7 Å². The third-order valence-corrected chi connectivity index (χ3v) is 7.21. The molecule has 0 bridgehead atoms. The summed E-state index contributed by atoms with van der Waals surface area (Å²) in [6.07, 6.45) is 0.915. The van der Waals surface area contributed by atoms with Gasteiger partial charge in [0.25, 0.3) is 5.69 Å². The van der Waals surface area contributed by atoms with Gasteiger partial charge in [0.15, 0.2) is 10.2 Å². The van der Waals surface area contributed by atoms with Crippen LogP contribution in [-0.4, -0.2) is 57.5 Å². The van der Waals surface area contributed by atoms with Gasteiger partial charge in [0.2, 0.25) is 0 Å². The third-order valence-electron chi connectivity index (χ3n) is 5.41. The molecule has 12 heteroatoms. The van der Waals surface area contributed by atoms with Gasteiger partial charge in [-0.1, -0.05) is 35.7 Å². The standard InChI is InChI=1S/C25H30N2O8S2/c1-15-21(24(30)34-10-6-12-36-17(3)28)23(19-8-5-9-20(14-19)27(32)33)22(16(2)26-15)25(31)35-11-7-13-37-18(4)29/h5,8-9,14,21,23H,6-7,10-13H2,1-4H3. The van der Waals surface area contributed by atoms with E-state index in [4.69, 9.17) is 9.47 Å². The van der Waals surface area contributed by atoms with Crippen LogP contribution in [0.5, 0.6) is 0 Å². The molecular weight excluding hydrogens is 520 g/mol. The van der Waals surface area contributed by atoms with Crippen LogP contribution in [0.2, 0.25) is 0 Å². The molecule has 2 unspecified atom stereocenters. The van der Waals surface area contributed by atoms with E-state index in [2.05, 4.69) is 4.99 Å².